The Morgan fingerprint density at radius 1 is 1.24 bits per heavy atom. The van der Waals surface area contributed by atoms with Gasteiger partial charge in [-0.2, -0.15) is 0 Å². The first-order chi connectivity index (χ1) is 8.09. The van der Waals surface area contributed by atoms with Crippen LogP contribution in [0.2, 0.25) is 0 Å². The summed E-state index contributed by atoms with van der Waals surface area (Å²) >= 11 is 0. The molecular weight excluding hydrogens is 234 g/mol. The van der Waals surface area contributed by atoms with Gasteiger partial charge in [0.15, 0.2) is 0 Å². The molecule has 1 aromatic carbocycles. The van der Waals surface area contributed by atoms with Gasteiger partial charge >= 0.3 is 0 Å². The molecule has 0 spiro atoms. The molecule has 4 heteroatoms. The van der Waals surface area contributed by atoms with Gasteiger partial charge in [-0.25, -0.2) is 8.57 Å². The molecule has 1 aromatic rings. The predicted molar refractivity (Wildman–Crippen MR) is 69.5 cm³/mol. The van der Waals surface area contributed by atoms with Crippen molar-refractivity contribution in [3.05, 3.63) is 30.3 Å². The van der Waals surface area contributed by atoms with Crippen molar-refractivity contribution < 1.29 is 9.32 Å². The number of hydrogen-bond acceptors (Lipinski definition) is 3. The highest BCUT2D eigenvalue weighted by atomic mass is 32.2. The average molecular weight is 253 g/mol. The molecular formula is C13H19NO2S. The fourth-order valence-corrected chi connectivity index (χ4v) is 3.75. The zero-order chi connectivity index (χ0) is 12.3. The SMILES string of the molecule is CS(=O)(=N[C@H]1CCCC[C@@H]1O)c1ccccc1. The lowest BCUT2D eigenvalue weighted by atomic mass is 9.93. The Balaban J connectivity index is 2.28. The van der Waals surface area contributed by atoms with Crippen molar-refractivity contribution in [1.29, 1.82) is 0 Å². The van der Waals surface area contributed by atoms with E-state index in [9.17, 15) is 9.32 Å². The standard InChI is InChI=1S/C13H19NO2S/c1-17(16,11-7-3-2-4-8-11)14-12-9-5-6-10-13(12)15/h2-4,7-8,12-13,15H,5-6,9-10H2,1H3/t12-,13-,17?/m0/s1. The van der Waals surface area contributed by atoms with E-state index in [0.29, 0.717) is 0 Å². The van der Waals surface area contributed by atoms with E-state index < -0.39 is 15.8 Å². The topological polar surface area (TPSA) is 49.7 Å². The largest absolute Gasteiger partial charge is 0.391 e. The number of nitrogens with zero attached hydrogens (tertiary/aromatic N) is 1. The van der Waals surface area contributed by atoms with Crippen molar-refractivity contribution in [2.75, 3.05) is 6.26 Å². The summed E-state index contributed by atoms with van der Waals surface area (Å²) in [6, 6.07) is 9.13. The average Bonchev–Trinajstić information content (AvgIpc) is 2.33. The van der Waals surface area contributed by atoms with Gasteiger partial charge in [0.2, 0.25) is 0 Å². The number of aliphatic hydroxyl groups is 1. The van der Waals surface area contributed by atoms with Crippen LogP contribution >= 0.6 is 0 Å². The van der Waals surface area contributed by atoms with Crippen LogP contribution in [-0.4, -0.2) is 27.7 Å². The van der Waals surface area contributed by atoms with E-state index in [0.717, 1.165) is 30.6 Å². The van der Waals surface area contributed by atoms with Crippen LogP contribution in [0.3, 0.4) is 0 Å². The molecule has 0 aliphatic heterocycles. The van der Waals surface area contributed by atoms with E-state index in [-0.39, 0.29) is 6.04 Å². The van der Waals surface area contributed by atoms with Gasteiger partial charge < -0.3 is 5.11 Å². The van der Waals surface area contributed by atoms with E-state index in [2.05, 4.69) is 4.36 Å². The van der Waals surface area contributed by atoms with Crippen molar-refractivity contribution in [2.45, 2.75) is 42.7 Å². The van der Waals surface area contributed by atoms with Gasteiger partial charge in [0.1, 0.15) is 0 Å². The summed E-state index contributed by atoms with van der Waals surface area (Å²) in [5.74, 6) is 0. The summed E-state index contributed by atoms with van der Waals surface area (Å²) in [5.41, 5.74) is 0. The zero-order valence-corrected chi connectivity index (χ0v) is 10.9. The maximum absolute atomic E-state index is 12.5. The monoisotopic (exact) mass is 253 g/mol. The summed E-state index contributed by atoms with van der Waals surface area (Å²) in [6.45, 7) is 0. The van der Waals surface area contributed by atoms with Gasteiger partial charge in [0.25, 0.3) is 0 Å². The Bertz CT molecular complexity index is 477. The summed E-state index contributed by atoms with van der Waals surface area (Å²) in [5, 5.41) is 9.86. The van der Waals surface area contributed by atoms with Gasteiger partial charge in [-0.15, -0.1) is 0 Å². The lowest BCUT2D eigenvalue weighted by Crippen LogP contribution is -2.29. The van der Waals surface area contributed by atoms with Gasteiger partial charge in [-0.05, 0) is 25.0 Å². The summed E-state index contributed by atoms with van der Waals surface area (Å²) in [4.78, 5) is 0.748. The second-order valence-electron chi connectivity index (χ2n) is 4.64. The van der Waals surface area contributed by atoms with Crippen LogP contribution in [0.4, 0.5) is 0 Å². The molecule has 0 heterocycles. The van der Waals surface area contributed by atoms with Crippen LogP contribution in [0.25, 0.3) is 0 Å². The van der Waals surface area contributed by atoms with E-state index in [1.54, 1.807) is 6.26 Å². The Morgan fingerprint density at radius 3 is 2.53 bits per heavy atom. The third-order valence-electron chi connectivity index (χ3n) is 3.21. The predicted octanol–water partition coefficient (Wildman–Crippen LogP) is 2.45. The Morgan fingerprint density at radius 2 is 1.88 bits per heavy atom. The Labute approximate surface area is 103 Å². The van der Waals surface area contributed by atoms with E-state index in [4.69, 9.17) is 0 Å². The molecule has 1 fully saturated rings. The highest BCUT2D eigenvalue weighted by Gasteiger charge is 2.23. The Kier molecular flexibility index (Phi) is 3.84. The normalized spacial score (nSPS) is 28.4. The van der Waals surface area contributed by atoms with Crippen molar-refractivity contribution in [3.63, 3.8) is 0 Å². The van der Waals surface area contributed by atoms with Crippen molar-refractivity contribution in [1.82, 2.24) is 0 Å². The fraction of sp³-hybridized carbons (Fsp3) is 0.538. The number of benzene rings is 1. The van der Waals surface area contributed by atoms with E-state index in [1.165, 1.54) is 0 Å². The molecule has 1 aliphatic carbocycles. The summed E-state index contributed by atoms with van der Waals surface area (Å²) in [7, 11) is -2.38. The second kappa shape index (κ2) is 5.19. The molecule has 1 saturated carbocycles. The zero-order valence-electron chi connectivity index (χ0n) is 10.1. The molecule has 3 atom stereocenters. The number of aliphatic hydroxyl groups excluding tert-OH is 1. The van der Waals surface area contributed by atoms with Crippen molar-refractivity contribution in [2.24, 2.45) is 4.36 Å². The lowest BCUT2D eigenvalue weighted by Gasteiger charge is -2.24. The van der Waals surface area contributed by atoms with Crippen molar-refractivity contribution in [3.8, 4) is 0 Å². The first kappa shape index (κ1) is 12.6. The summed E-state index contributed by atoms with van der Waals surface area (Å²) in [6.07, 6.45) is 4.97. The second-order valence-corrected chi connectivity index (χ2v) is 6.93. The smallest absolute Gasteiger partial charge is 0.0856 e. The third kappa shape index (κ3) is 3.07. The molecule has 1 aliphatic rings. The van der Waals surface area contributed by atoms with Crippen molar-refractivity contribution >= 4 is 9.73 Å². The molecule has 0 bridgehead atoms. The minimum atomic E-state index is -2.38. The van der Waals surface area contributed by atoms with Crippen LogP contribution in [0.15, 0.2) is 39.6 Å². The Hall–Kier alpha value is -0.870. The third-order valence-corrected chi connectivity index (χ3v) is 5.03. The van der Waals surface area contributed by atoms with Crippen LogP contribution in [0.1, 0.15) is 25.7 Å². The minimum absolute atomic E-state index is 0.165. The van der Waals surface area contributed by atoms with Crippen LogP contribution in [0, 0.1) is 0 Å². The quantitative estimate of drug-likeness (QED) is 0.880. The molecule has 0 amide bonds. The molecule has 0 radical (unpaired) electrons. The first-order valence-corrected chi connectivity index (χ1v) is 7.96. The first-order valence-electron chi connectivity index (χ1n) is 6.04. The molecule has 3 nitrogen and oxygen atoms in total. The lowest BCUT2D eigenvalue weighted by molar-refractivity contribution is 0.110. The maximum Gasteiger partial charge on any atom is 0.0856 e. The fourth-order valence-electron chi connectivity index (χ4n) is 2.21. The molecule has 94 valence electrons. The van der Waals surface area contributed by atoms with Gasteiger partial charge in [-0.3, -0.25) is 0 Å². The highest BCUT2D eigenvalue weighted by molar-refractivity contribution is 7.93. The molecule has 2 rings (SSSR count). The van der Waals surface area contributed by atoms with Gasteiger partial charge in [0.05, 0.1) is 21.9 Å². The minimum Gasteiger partial charge on any atom is -0.391 e. The van der Waals surface area contributed by atoms with E-state index >= 15 is 0 Å². The van der Waals surface area contributed by atoms with Gasteiger partial charge in [0, 0.05) is 11.2 Å². The van der Waals surface area contributed by atoms with Crippen LogP contribution < -0.4 is 0 Å². The van der Waals surface area contributed by atoms with E-state index in [1.807, 2.05) is 30.3 Å². The molecule has 0 saturated heterocycles. The molecule has 17 heavy (non-hydrogen) atoms. The molecule has 0 aromatic heterocycles. The molecule has 1 N–H and O–H groups in total. The number of rotatable bonds is 2. The van der Waals surface area contributed by atoms with Gasteiger partial charge in [-0.1, -0.05) is 31.0 Å². The highest BCUT2D eigenvalue weighted by Crippen LogP contribution is 2.23. The maximum atomic E-state index is 12.5. The molecule has 1 unspecified atom stereocenters. The summed E-state index contributed by atoms with van der Waals surface area (Å²) < 4.78 is 16.9. The van der Waals surface area contributed by atoms with Crippen LogP contribution in [-0.2, 0) is 9.73 Å². The van der Waals surface area contributed by atoms with Crippen LogP contribution in [0.5, 0.6) is 0 Å². The number of hydrogen-bond donors (Lipinski definition) is 1.